The molecule has 3 aromatic rings. The highest BCUT2D eigenvalue weighted by molar-refractivity contribution is 7.91. The highest BCUT2D eigenvalue weighted by Gasteiger charge is 2.24. The van der Waals surface area contributed by atoms with E-state index < -0.39 is 15.7 Å². The van der Waals surface area contributed by atoms with Crippen LogP contribution < -0.4 is 10.3 Å². The molecule has 0 unspecified atom stereocenters. The molecule has 0 atom stereocenters. The summed E-state index contributed by atoms with van der Waals surface area (Å²) >= 11 is 0. The molecule has 1 aliphatic rings. The zero-order chi connectivity index (χ0) is 23.0. The summed E-state index contributed by atoms with van der Waals surface area (Å²) in [5.41, 5.74) is 0.724. The van der Waals surface area contributed by atoms with Crippen molar-refractivity contribution in [3.05, 3.63) is 58.8 Å². The van der Waals surface area contributed by atoms with Crippen LogP contribution in [0.2, 0.25) is 0 Å². The molecule has 0 amide bonds. The van der Waals surface area contributed by atoms with E-state index in [1.807, 2.05) is 0 Å². The summed E-state index contributed by atoms with van der Waals surface area (Å²) in [5, 5.41) is 10.5. The first-order chi connectivity index (χ1) is 15.2. The van der Waals surface area contributed by atoms with Crippen LogP contribution >= 0.6 is 0 Å². The summed E-state index contributed by atoms with van der Waals surface area (Å²) < 4.78 is 46.9. The van der Waals surface area contributed by atoms with E-state index >= 15 is 0 Å². The summed E-state index contributed by atoms with van der Waals surface area (Å²) in [6.07, 6.45) is 3.76. The third-order valence-electron chi connectivity index (χ3n) is 6.06. The molecule has 0 spiro atoms. The minimum atomic E-state index is -3.50. The predicted molar refractivity (Wildman–Crippen MR) is 121 cm³/mol. The van der Waals surface area contributed by atoms with E-state index in [4.69, 9.17) is 4.74 Å². The molecule has 1 saturated carbocycles. The van der Waals surface area contributed by atoms with Crippen molar-refractivity contribution in [3.8, 4) is 16.9 Å². The second kappa shape index (κ2) is 8.67. The summed E-state index contributed by atoms with van der Waals surface area (Å²) in [6, 6.07) is 8.63. The molecule has 4 rings (SSSR count). The van der Waals surface area contributed by atoms with Gasteiger partial charge in [-0.25, -0.2) is 12.8 Å². The second-order valence-corrected chi connectivity index (χ2v) is 10.5. The first-order valence-electron chi connectivity index (χ1n) is 10.7. The Bertz CT molecular complexity index is 1320. The Kier molecular flexibility index (Phi) is 6.09. The largest absolute Gasteiger partial charge is 0.490 e. The van der Waals surface area contributed by atoms with Crippen LogP contribution in [-0.4, -0.2) is 36.1 Å². The van der Waals surface area contributed by atoms with Gasteiger partial charge in [0.25, 0.3) is 5.56 Å². The molecule has 1 aromatic heterocycles. The first kappa shape index (κ1) is 22.5. The maximum atomic E-state index is 14.1. The number of pyridine rings is 1. The smallest absolute Gasteiger partial charge is 0.258 e. The molecule has 0 saturated heterocycles. The number of aryl methyl sites for hydroxylation is 1. The highest BCUT2D eigenvalue weighted by atomic mass is 32.2. The Hall–Kier alpha value is -2.71. The number of hydrogen-bond donors (Lipinski definition) is 1. The minimum Gasteiger partial charge on any atom is -0.490 e. The van der Waals surface area contributed by atoms with Gasteiger partial charge in [0.05, 0.1) is 22.9 Å². The number of fused-ring (bicyclic) bond motifs is 1. The van der Waals surface area contributed by atoms with Crippen LogP contribution in [0.15, 0.2) is 52.3 Å². The number of hydrogen-bond acceptors (Lipinski definition) is 5. The van der Waals surface area contributed by atoms with Crippen LogP contribution in [0.3, 0.4) is 0 Å². The molecule has 32 heavy (non-hydrogen) atoms. The van der Waals surface area contributed by atoms with Crippen molar-refractivity contribution < 1.29 is 22.7 Å². The van der Waals surface area contributed by atoms with Crippen molar-refractivity contribution in [2.75, 3.05) is 5.75 Å². The lowest BCUT2D eigenvalue weighted by atomic mass is 9.94. The van der Waals surface area contributed by atoms with E-state index in [9.17, 15) is 22.7 Å². The van der Waals surface area contributed by atoms with Crippen LogP contribution in [0, 0.1) is 5.82 Å². The van der Waals surface area contributed by atoms with E-state index in [0.29, 0.717) is 53.3 Å². The van der Waals surface area contributed by atoms with Crippen LogP contribution in [0.25, 0.3) is 21.9 Å². The van der Waals surface area contributed by atoms with Gasteiger partial charge in [0, 0.05) is 29.8 Å². The zero-order valence-corrected chi connectivity index (χ0v) is 18.9. The van der Waals surface area contributed by atoms with Gasteiger partial charge in [0.2, 0.25) is 0 Å². The van der Waals surface area contributed by atoms with Crippen LogP contribution in [0.5, 0.6) is 5.75 Å². The number of aliphatic hydroxyl groups is 1. The maximum absolute atomic E-state index is 14.1. The highest BCUT2D eigenvalue weighted by Crippen LogP contribution is 2.38. The second-order valence-electron chi connectivity index (χ2n) is 8.26. The predicted octanol–water partition coefficient (Wildman–Crippen LogP) is 3.82. The Labute approximate surface area is 186 Å². The summed E-state index contributed by atoms with van der Waals surface area (Å²) in [4.78, 5) is 12.8. The summed E-state index contributed by atoms with van der Waals surface area (Å²) in [6.45, 7) is 1.57. The molecule has 2 aromatic carbocycles. The van der Waals surface area contributed by atoms with Gasteiger partial charge in [0.15, 0.2) is 9.84 Å². The molecule has 1 N–H and O–H groups in total. The van der Waals surface area contributed by atoms with Gasteiger partial charge in [-0.05, 0) is 67.5 Å². The fraction of sp³-hybridized carbons (Fsp3) is 0.375. The van der Waals surface area contributed by atoms with Crippen molar-refractivity contribution in [1.29, 1.82) is 0 Å². The summed E-state index contributed by atoms with van der Waals surface area (Å²) in [7, 11) is -1.90. The van der Waals surface area contributed by atoms with E-state index in [1.165, 1.54) is 34.9 Å². The number of rotatable bonds is 5. The van der Waals surface area contributed by atoms with Crippen molar-refractivity contribution in [3.63, 3.8) is 0 Å². The Morgan fingerprint density at radius 1 is 1.06 bits per heavy atom. The monoisotopic (exact) mass is 459 g/mol. The van der Waals surface area contributed by atoms with Gasteiger partial charge in [-0.15, -0.1) is 0 Å². The van der Waals surface area contributed by atoms with Crippen LogP contribution in [-0.2, 0) is 16.9 Å². The number of aromatic nitrogens is 1. The normalized spacial score (nSPS) is 19.2. The minimum absolute atomic E-state index is 0.0597. The maximum Gasteiger partial charge on any atom is 0.258 e. The number of halogens is 1. The number of nitrogens with zero attached hydrogens (tertiary/aromatic N) is 1. The molecular weight excluding hydrogens is 433 g/mol. The first-order valence-corrected chi connectivity index (χ1v) is 12.4. The lowest BCUT2D eigenvalue weighted by Gasteiger charge is -2.27. The van der Waals surface area contributed by atoms with Gasteiger partial charge < -0.3 is 14.4 Å². The van der Waals surface area contributed by atoms with Gasteiger partial charge in [0.1, 0.15) is 11.6 Å². The fourth-order valence-electron chi connectivity index (χ4n) is 4.18. The van der Waals surface area contributed by atoms with E-state index in [-0.39, 0.29) is 28.4 Å². The standard InChI is InChI=1S/C24H26FNO5S/c1-3-32(29,30)18-9-11-23(31-17-7-5-16(27)6-8-17)21(13-18)22-14-26(2)24(28)19-10-4-15(25)12-20(19)22/h4,9-14,16-17,27H,3,5-8H2,1-2H3/t16-,17-. The Morgan fingerprint density at radius 2 is 1.78 bits per heavy atom. The van der Waals surface area contributed by atoms with Gasteiger partial charge in [-0.1, -0.05) is 6.92 Å². The topological polar surface area (TPSA) is 85.6 Å². The molecule has 0 aliphatic heterocycles. The van der Waals surface area contributed by atoms with Gasteiger partial charge in [-0.3, -0.25) is 4.79 Å². The van der Waals surface area contributed by atoms with Crippen molar-refractivity contribution in [2.45, 2.75) is 49.7 Å². The number of sulfone groups is 1. The van der Waals surface area contributed by atoms with Crippen molar-refractivity contribution >= 4 is 20.6 Å². The van der Waals surface area contributed by atoms with E-state index in [1.54, 1.807) is 26.2 Å². The van der Waals surface area contributed by atoms with Crippen molar-refractivity contribution in [2.24, 2.45) is 7.05 Å². The molecular formula is C24H26FNO5S. The Morgan fingerprint density at radius 3 is 2.47 bits per heavy atom. The van der Waals surface area contributed by atoms with E-state index in [0.717, 1.165) is 0 Å². The summed E-state index contributed by atoms with van der Waals surface area (Å²) in [5.74, 6) is -0.0887. The molecule has 1 aliphatic carbocycles. The quantitative estimate of drug-likeness (QED) is 0.627. The lowest BCUT2D eigenvalue weighted by molar-refractivity contribution is 0.0668. The number of aliphatic hydroxyl groups excluding tert-OH is 1. The SMILES string of the molecule is CCS(=O)(=O)c1ccc(O[C@H]2CC[C@H](O)CC2)c(-c2cn(C)c(=O)c3ccc(F)cc23)c1. The number of ether oxygens (including phenoxy) is 1. The number of benzene rings is 2. The Balaban J connectivity index is 1.93. The van der Waals surface area contributed by atoms with Crippen LogP contribution in [0.1, 0.15) is 32.6 Å². The molecule has 0 radical (unpaired) electrons. The van der Waals surface area contributed by atoms with Gasteiger partial charge in [-0.2, -0.15) is 0 Å². The van der Waals surface area contributed by atoms with Gasteiger partial charge >= 0.3 is 0 Å². The molecule has 170 valence electrons. The average molecular weight is 460 g/mol. The molecule has 0 bridgehead atoms. The average Bonchev–Trinajstić information content (AvgIpc) is 2.78. The third kappa shape index (κ3) is 4.29. The molecule has 8 heteroatoms. The molecule has 6 nitrogen and oxygen atoms in total. The van der Waals surface area contributed by atoms with Crippen LogP contribution in [0.4, 0.5) is 4.39 Å². The van der Waals surface area contributed by atoms with E-state index in [2.05, 4.69) is 0 Å². The molecule has 1 fully saturated rings. The third-order valence-corrected chi connectivity index (χ3v) is 7.80. The lowest BCUT2D eigenvalue weighted by Crippen LogP contribution is -2.26. The van der Waals surface area contributed by atoms with Crippen molar-refractivity contribution in [1.82, 2.24) is 4.57 Å². The molecule has 1 heterocycles. The fourth-order valence-corrected chi connectivity index (χ4v) is 5.08. The zero-order valence-electron chi connectivity index (χ0n) is 18.0.